The van der Waals surface area contributed by atoms with Crippen LogP contribution < -0.4 is 10.5 Å². The molecule has 42 heavy (non-hydrogen) atoms. The number of carbonyl (C=O) groups excluding carboxylic acids is 3. The second-order valence-corrected chi connectivity index (χ2v) is 12.5. The number of phenolic OH excluding ortho intramolecular Hbond substituents is 1. The van der Waals surface area contributed by atoms with Crippen molar-refractivity contribution >= 4 is 28.2 Å². The van der Waals surface area contributed by atoms with Crippen molar-refractivity contribution in [1.29, 1.82) is 0 Å². The van der Waals surface area contributed by atoms with Gasteiger partial charge in [0.1, 0.15) is 28.6 Å². The SMILES string of the molecule is CC(C)Oc1c2c(c(O)c3cc(CN4CCC4)ccc13)C(=O)C1=C(O)C3C(=O)C(C(N)=O)=C(O)[C@@H](N(C)C)C3CC1C2. The number of fused-ring (bicyclic) bond motifs is 4. The number of aliphatic hydroxyl groups excluding tert-OH is 2. The van der Waals surface area contributed by atoms with E-state index < -0.39 is 58.4 Å². The van der Waals surface area contributed by atoms with Gasteiger partial charge in [0.15, 0.2) is 11.6 Å². The number of rotatable bonds is 6. The molecule has 3 aliphatic carbocycles. The lowest BCUT2D eigenvalue weighted by Crippen LogP contribution is -2.53. The number of hydrogen-bond acceptors (Lipinski definition) is 9. The number of benzene rings is 2. The highest BCUT2D eigenvalue weighted by atomic mass is 16.5. The lowest BCUT2D eigenvalue weighted by molar-refractivity contribution is -0.127. The number of nitrogens with two attached hydrogens (primary N) is 1. The van der Waals surface area contributed by atoms with Gasteiger partial charge in [-0.05, 0) is 83.8 Å². The summed E-state index contributed by atoms with van der Waals surface area (Å²) < 4.78 is 6.32. The van der Waals surface area contributed by atoms with Crippen molar-refractivity contribution in [2.45, 2.75) is 51.8 Å². The highest BCUT2D eigenvalue weighted by molar-refractivity contribution is 6.22. The second-order valence-electron chi connectivity index (χ2n) is 12.5. The van der Waals surface area contributed by atoms with Crippen LogP contribution in [0.4, 0.5) is 0 Å². The van der Waals surface area contributed by atoms with Gasteiger partial charge in [0.25, 0.3) is 5.91 Å². The fourth-order valence-electron chi connectivity index (χ4n) is 7.41. The molecule has 5 N–H and O–H groups in total. The number of ether oxygens (including phenoxy) is 1. The van der Waals surface area contributed by atoms with Crippen LogP contribution in [0.3, 0.4) is 0 Å². The average molecular weight is 576 g/mol. The maximum atomic E-state index is 14.2. The van der Waals surface area contributed by atoms with Gasteiger partial charge < -0.3 is 25.8 Å². The summed E-state index contributed by atoms with van der Waals surface area (Å²) in [7, 11) is 3.41. The Labute approximate surface area is 244 Å². The lowest BCUT2D eigenvalue weighted by atomic mass is 9.60. The number of likely N-dealkylation sites (tertiary alicyclic amines) is 1. The van der Waals surface area contributed by atoms with Gasteiger partial charge in [0.05, 0.1) is 23.6 Å². The zero-order chi connectivity index (χ0) is 30.2. The Morgan fingerprint density at radius 3 is 2.43 bits per heavy atom. The van der Waals surface area contributed by atoms with Gasteiger partial charge in [-0.1, -0.05) is 12.1 Å². The molecule has 1 fully saturated rings. The molecule has 6 rings (SSSR count). The Morgan fingerprint density at radius 2 is 1.83 bits per heavy atom. The first-order chi connectivity index (χ1) is 19.9. The van der Waals surface area contributed by atoms with Crippen molar-refractivity contribution in [3.63, 3.8) is 0 Å². The molecule has 10 nitrogen and oxygen atoms in total. The fraction of sp³-hybridized carbons (Fsp3) is 0.469. The van der Waals surface area contributed by atoms with E-state index >= 15 is 0 Å². The maximum Gasteiger partial charge on any atom is 0.255 e. The Hall–Kier alpha value is -3.89. The van der Waals surface area contributed by atoms with E-state index in [4.69, 9.17) is 10.5 Å². The van der Waals surface area contributed by atoms with E-state index in [1.807, 2.05) is 32.0 Å². The van der Waals surface area contributed by atoms with Gasteiger partial charge in [-0.2, -0.15) is 0 Å². The number of ketones is 2. The minimum absolute atomic E-state index is 0.0571. The molecule has 10 heteroatoms. The fourth-order valence-corrected chi connectivity index (χ4v) is 7.41. The van der Waals surface area contributed by atoms with Crippen molar-refractivity contribution in [3.8, 4) is 11.5 Å². The number of hydrogen-bond donors (Lipinski definition) is 4. The molecule has 1 aliphatic heterocycles. The first-order valence-electron chi connectivity index (χ1n) is 14.5. The van der Waals surface area contributed by atoms with E-state index in [-0.39, 0.29) is 35.8 Å². The van der Waals surface area contributed by atoms with E-state index in [9.17, 15) is 29.7 Å². The molecule has 2 aromatic carbocycles. The van der Waals surface area contributed by atoms with Crippen molar-refractivity contribution in [3.05, 3.63) is 57.6 Å². The van der Waals surface area contributed by atoms with Gasteiger partial charge in [-0.25, -0.2) is 0 Å². The number of nitrogens with zero attached hydrogens (tertiary/aromatic N) is 2. The summed E-state index contributed by atoms with van der Waals surface area (Å²) in [5.41, 5.74) is 6.61. The molecule has 0 spiro atoms. The third kappa shape index (κ3) is 4.19. The van der Waals surface area contributed by atoms with Crippen LogP contribution in [0.25, 0.3) is 10.8 Å². The second kappa shape index (κ2) is 10.1. The zero-order valence-electron chi connectivity index (χ0n) is 24.3. The first-order valence-corrected chi connectivity index (χ1v) is 14.5. The summed E-state index contributed by atoms with van der Waals surface area (Å²) in [6.07, 6.45) is 1.52. The number of likely N-dealkylation sites (N-methyl/N-ethyl adjacent to an activating group) is 1. The van der Waals surface area contributed by atoms with E-state index in [1.54, 1.807) is 19.0 Å². The topological polar surface area (TPSA) is 154 Å². The molecule has 0 aromatic heterocycles. The molecular formula is C32H37N3O7. The van der Waals surface area contributed by atoms with Crippen LogP contribution in [0.1, 0.15) is 48.2 Å². The number of aromatic hydroxyl groups is 1. The molecule has 0 saturated carbocycles. The highest BCUT2D eigenvalue weighted by Gasteiger charge is 2.54. The average Bonchev–Trinajstić information content (AvgIpc) is 2.87. The molecule has 0 bridgehead atoms. The number of allylic oxidation sites excluding steroid dienone is 2. The maximum absolute atomic E-state index is 14.2. The highest BCUT2D eigenvalue weighted by Crippen LogP contribution is 2.53. The van der Waals surface area contributed by atoms with E-state index in [1.165, 1.54) is 0 Å². The van der Waals surface area contributed by atoms with E-state index in [2.05, 4.69) is 4.90 Å². The number of amides is 1. The van der Waals surface area contributed by atoms with Crippen LogP contribution in [-0.4, -0.2) is 81.9 Å². The molecule has 4 aliphatic rings. The predicted molar refractivity (Wildman–Crippen MR) is 155 cm³/mol. The number of phenols is 1. The zero-order valence-corrected chi connectivity index (χ0v) is 24.3. The van der Waals surface area contributed by atoms with E-state index in [0.29, 0.717) is 22.1 Å². The number of aliphatic hydroxyl groups is 2. The monoisotopic (exact) mass is 575 g/mol. The van der Waals surface area contributed by atoms with Crippen LogP contribution in [0, 0.1) is 17.8 Å². The summed E-state index contributed by atoms with van der Waals surface area (Å²) in [5, 5.41) is 35.4. The van der Waals surface area contributed by atoms with Crippen LogP contribution in [0.15, 0.2) is 40.9 Å². The first kappa shape index (κ1) is 28.2. The lowest BCUT2D eigenvalue weighted by Gasteiger charge is -2.46. The summed E-state index contributed by atoms with van der Waals surface area (Å²) in [6, 6.07) is 5.08. The Morgan fingerprint density at radius 1 is 1.12 bits per heavy atom. The molecule has 3 unspecified atom stereocenters. The normalized spacial score (nSPS) is 26.0. The van der Waals surface area contributed by atoms with Crippen molar-refractivity contribution in [2.75, 3.05) is 27.2 Å². The molecule has 1 saturated heterocycles. The van der Waals surface area contributed by atoms with Gasteiger partial charge in [-0.3, -0.25) is 24.2 Å². The third-order valence-corrected chi connectivity index (χ3v) is 9.26. The smallest absolute Gasteiger partial charge is 0.255 e. The van der Waals surface area contributed by atoms with Crippen molar-refractivity contribution in [2.24, 2.45) is 23.5 Å². The summed E-state index contributed by atoms with van der Waals surface area (Å²) in [5.74, 6) is -5.26. The molecule has 1 amide bonds. The molecule has 4 atom stereocenters. The third-order valence-electron chi connectivity index (χ3n) is 9.26. The van der Waals surface area contributed by atoms with Gasteiger partial charge in [0, 0.05) is 28.5 Å². The number of Topliss-reactive ketones (excluding diaryl/α,β-unsaturated/α-hetero) is 2. The van der Waals surface area contributed by atoms with Crippen LogP contribution in [0.5, 0.6) is 11.5 Å². The summed E-state index contributed by atoms with van der Waals surface area (Å²) >= 11 is 0. The molecular weight excluding hydrogens is 538 g/mol. The largest absolute Gasteiger partial charge is 0.511 e. The predicted octanol–water partition coefficient (Wildman–Crippen LogP) is 3.15. The molecule has 222 valence electrons. The van der Waals surface area contributed by atoms with Crippen molar-refractivity contribution < 1.29 is 34.4 Å². The van der Waals surface area contributed by atoms with Crippen molar-refractivity contribution in [1.82, 2.24) is 9.80 Å². The quantitative estimate of drug-likeness (QED) is 0.381. The minimum atomic E-state index is -1.22. The summed E-state index contributed by atoms with van der Waals surface area (Å²) in [6.45, 7) is 6.57. The molecule has 1 heterocycles. The van der Waals surface area contributed by atoms with Crippen LogP contribution in [0.2, 0.25) is 0 Å². The van der Waals surface area contributed by atoms with Gasteiger partial charge in [-0.15, -0.1) is 0 Å². The number of carbonyl (C=O) groups is 3. The molecule has 0 radical (unpaired) electrons. The van der Waals surface area contributed by atoms with E-state index in [0.717, 1.165) is 31.6 Å². The van der Waals surface area contributed by atoms with Gasteiger partial charge in [0.2, 0.25) is 0 Å². The Balaban J connectivity index is 1.53. The molecule has 2 aromatic rings. The number of primary amides is 1. The minimum Gasteiger partial charge on any atom is -0.511 e. The Kier molecular flexibility index (Phi) is 6.81. The Bertz CT molecular complexity index is 1600. The summed E-state index contributed by atoms with van der Waals surface area (Å²) in [4.78, 5) is 43.9. The standard InChI is InChI=1S/C32H37N3O7/c1-14(2)42-31-17-7-6-15(13-35-8-5-9-35)10-18(17)26(36)23-20(31)12-16-11-19-22(27(37)21(16)28(23)38)29(39)24(32(33)41)30(40)25(19)34(3)4/h6-7,10,14,16,19,22,25,36-37,40H,5,8-9,11-13H2,1-4H3,(H2,33,41)/t16?,19?,22?,25-/m0/s1. The van der Waals surface area contributed by atoms with Crippen LogP contribution in [-0.2, 0) is 22.6 Å². The van der Waals surface area contributed by atoms with Gasteiger partial charge >= 0.3 is 0 Å². The van der Waals surface area contributed by atoms with Crippen LogP contribution >= 0.6 is 0 Å².